The van der Waals surface area contributed by atoms with Crippen molar-refractivity contribution in [3.8, 4) is 11.5 Å². The maximum atomic E-state index is 13.6. The minimum Gasteiger partial charge on any atom is -0.457 e. The molecule has 5 nitrogen and oxygen atoms in total. The molecule has 0 aliphatic rings. The van der Waals surface area contributed by atoms with Gasteiger partial charge in [0.05, 0.1) is 6.54 Å². The van der Waals surface area contributed by atoms with E-state index in [0.29, 0.717) is 27.6 Å². The molecule has 3 aromatic rings. The van der Waals surface area contributed by atoms with Crippen molar-refractivity contribution in [2.24, 2.45) is 0 Å². The number of aromatic nitrogens is 3. The van der Waals surface area contributed by atoms with Gasteiger partial charge in [0.15, 0.2) is 0 Å². The molecule has 0 aliphatic carbocycles. The van der Waals surface area contributed by atoms with E-state index in [4.69, 9.17) is 16.3 Å². The van der Waals surface area contributed by atoms with E-state index >= 15 is 0 Å². The molecule has 130 valence electrons. The van der Waals surface area contributed by atoms with Gasteiger partial charge in [-0.1, -0.05) is 17.7 Å². The van der Waals surface area contributed by atoms with E-state index < -0.39 is 12.3 Å². The molecule has 1 unspecified atom stereocenters. The van der Waals surface area contributed by atoms with Crippen molar-refractivity contribution in [1.82, 2.24) is 14.8 Å². The molecule has 2 aromatic carbocycles. The van der Waals surface area contributed by atoms with Crippen LogP contribution in [0.4, 0.5) is 4.39 Å². The van der Waals surface area contributed by atoms with Crippen LogP contribution in [-0.4, -0.2) is 26.5 Å². The fraction of sp³-hybridized carbons (Fsp3) is 0.222. The Morgan fingerprint density at radius 1 is 1.20 bits per heavy atom. The van der Waals surface area contributed by atoms with E-state index in [0.717, 1.165) is 0 Å². The second kappa shape index (κ2) is 7.21. The minimum atomic E-state index is -1.68. The second-order valence-electron chi connectivity index (χ2n) is 5.79. The molecule has 0 amide bonds. The maximum Gasteiger partial charge on any atom is 0.138 e. The number of benzene rings is 2. The van der Waals surface area contributed by atoms with Gasteiger partial charge in [0.1, 0.15) is 36.4 Å². The number of halogens is 2. The van der Waals surface area contributed by atoms with Gasteiger partial charge < -0.3 is 9.84 Å². The molecule has 1 N–H and O–H groups in total. The molecule has 1 atom stereocenters. The van der Waals surface area contributed by atoms with Crippen molar-refractivity contribution in [2.45, 2.75) is 19.1 Å². The molecule has 0 saturated carbocycles. The largest absolute Gasteiger partial charge is 0.457 e. The molecular formula is C18H17ClFN3O2. The highest BCUT2D eigenvalue weighted by Crippen LogP contribution is 2.31. The lowest BCUT2D eigenvalue weighted by Crippen LogP contribution is -2.34. The zero-order chi connectivity index (χ0) is 17.9. The van der Waals surface area contributed by atoms with E-state index in [9.17, 15) is 9.50 Å². The number of hydrogen-bond acceptors (Lipinski definition) is 4. The van der Waals surface area contributed by atoms with E-state index in [1.54, 1.807) is 49.4 Å². The van der Waals surface area contributed by atoms with Crippen molar-refractivity contribution >= 4 is 11.6 Å². The number of alkyl halides is 1. The summed E-state index contributed by atoms with van der Waals surface area (Å²) in [6.45, 7) is 0.832. The third-order valence-corrected chi connectivity index (χ3v) is 4.11. The highest BCUT2D eigenvalue weighted by molar-refractivity contribution is 6.30. The highest BCUT2D eigenvalue weighted by Gasteiger charge is 2.32. The summed E-state index contributed by atoms with van der Waals surface area (Å²) in [6, 6.07) is 12.1. The Morgan fingerprint density at radius 2 is 1.92 bits per heavy atom. The Morgan fingerprint density at radius 3 is 2.52 bits per heavy atom. The smallest absolute Gasteiger partial charge is 0.138 e. The van der Waals surface area contributed by atoms with Gasteiger partial charge in [-0.2, -0.15) is 5.10 Å². The normalized spacial score (nSPS) is 13.4. The van der Waals surface area contributed by atoms with Crippen LogP contribution >= 0.6 is 11.6 Å². The first kappa shape index (κ1) is 17.4. The van der Waals surface area contributed by atoms with Crippen LogP contribution < -0.4 is 4.74 Å². The van der Waals surface area contributed by atoms with Crippen molar-refractivity contribution in [3.63, 3.8) is 0 Å². The van der Waals surface area contributed by atoms with Gasteiger partial charge in [-0.3, -0.25) is 0 Å². The average molecular weight is 362 g/mol. The van der Waals surface area contributed by atoms with Crippen molar-refractivity contribution in [1.29, 1.82) is 0 Å². The first-order valence-corrected chi connectivity index (χ1v) is 8.03. The third-order valence-electron chi connectivity index (χ3n) is 3.86. The van der Waals surface area contributed by atoms with Gasteiger partial charge >= 0.3 is 0 Å². The van der Waals surface area contributed by atoms with E-state index in [2.05, 4.69) is 10.1 Å². The quantitative estimate of drug-likeness (QED) is 0.723. The lowest BCUT2D eigenvalue weighted by atomic mass is 9.91. The van der Waals surface area contributed by atoms with Crippen LogP contribution in [0.25, 0.3) is 0 Å². The van der Waals surface area contributed by atoms with Crippen LogP contribution in [0.3, 0.4) is 0 Å². The number of nitrogens with zero attached hydrogens (tertiary/aromatic N) is 3. The summed E-state index contributed by atoms with van der Waals surface area (Å²) in [7, 11) is 0. The Balaban J connectivity index is 1.83. The van der Waals surface area contributed by atoms with Crippen LogP contribution in [-0.2, 0) is 12.1 Å². The lowest BCUT2D eigenvalue weighted by molar-refractivity contribution is -0.00893. The molecule has 1 heterocycles. The van der Waals surface area contributed by atoms with Crippen molar-refractivity contribution in [3.05, 3.63) is 71.3 Å². The molecule has 1 aromatic heterocycles. The van der Waals surface area contributed by atoms with Gasteiger partial charge in [0.2, 0.25) is 0 Å². The molecule has 0 saturated heterocycles. The van der Waals surface area contributed by atoms with Crippen LogP contribution in [0.5, 0.6) is 11.5 Å². The predicted molar refractivity (Wildman–Crippen MR) is 92.6 cm³/mol. The van der Waals surface area contributed by atoms with E-state index in [1.807, 2.05) is 0 Å². The van der Waals surface area contributed by atoms with Crippen LogP contribution in [0.1, 0.15) is 11.1 Å². The van der Waals surface area contributed by atoms with Crippen LogP contribution in [0.15, 0.2) is 55.1 Å². The Bertz CT molecular complexity index is 840. The minimum absolute atomic E-state index is 0.0261. The van der Waals surface area contributed by atoms with Crippen LogP contribution in [0.2, 0.25) is 5.02 Å². The summed E-state index contributed by atoms with van der Waals surface area (Å²) in [5.74, 6) is 1.23. The summed E-state index contributed by atoms with van der Waals surface area (Å²) in [5, 5.41) is 15.3. The fourth-order valence-corrected chi connectivity index (χ4v) is 2.77. The zero-order valence-corrected chi connectivity index (χ0v) is 14.3. The summed E-state index contributed by atoms with van der Waals surface area (Å²) >= 11 is 5.85. The summed E-state index contributed by atoms with van der Waals surface area (Å²) < 4.78 is 20.8. The first-order valence-electron chi connectivity index (χ1n) is 7.65. The average Bonchev–Trinajstić information content (AvgIpc) is 3.09. The molecule has 7 heteroatoms. The van der Waals surface area contributed by atoms with Gasteiger partial charge in [0.25, 0.3) is 0 Å². The number of rotatable bonds is 6. The molecule has 3 rings (SSSR count). The Labute approximate surface area is 149 Å². The molecule has 0 radical (unpaired) electrons. The van der Waals surface area contributed by atoms with Crippen molar-refractivity contribution in [2.75, 3.05) is 6.67 Å². The summed E-state index contributed by atoms with van der Waals surface area (Å²) in [4.78, 5) is 3.81. The van der Waals surface area contributed by atoms with Crippen LogP contribution in [0, 0.1) is 6.92 Å². The van der Waals surface area contributed by atoms with Gasteiger partial charge in [0, 0.05) is 5.02 Å². The molecular weight excluding hydrogens is 345 g/mol. The molecule has 25 heavy (non-hydrogen) atoms. The molecule has 0 aliphatic heterocycles. The number of aliphatic hydroxyl groups is 1. The monoisotopic (exact) mass is 361 g/mol. The van der Waals surface area contributed by atoms with Crippen molar-refractivity contribution < 1.29 is 14.2 Å². The third kappa shape index (κ3) is 3.97. The molecule has 0 bridgehead atoms. The van der Waals surface area contributed by atoms with Gasteiger partial charge in [-0.05, 0) is 54.4 Å². The lowest BCUT2D eigenvalue weighted by Gasteiger charge is -2.27. The van der Waals surface area contributed by atoms with Gasteiger partial charge in [-0.15, -0.1) is 0 Å². The molecule has 0 spiro atoms. The van der Waals surface area contributed by atoms with E-state index in [1.165, 1.54) is 17.3 Å². The topological polar surface area (TPSA) is 60.2 Å². The number of hydrogen-bond donors (Lipinski definition) is 1. The fourth-order valence-electron chi connectivity index (χ4n) is 2.64. The van der Waals surface area contributed by atoms with Gasteiger partial charge in [-0.25, -0.2) is 14.1 Å². The first-order chi connectivity index (χ1) is 12.0. The Hall–Kier alpha value is -2.44. The predicted octanol–water partition coefficient (Wildman–Crippen LogP) is 3.89. The summed E-state index contributed by atoms with van der Waals surface area (Å²) in [6.07, 6.45) is 2.78. The highest BCUT2D eigenvalue weighted by atomic mass is 35.5. The number of aryl methyl sites for hydroxylation is 1. The second-order valence-corrected chi connectivity index (χ2v) is 6.23. The molecule has 0 fully saturated rings. The standard InChI is InChI=1S/C18H17ClFN3O2/c1-13-8-16(25-15-4-2-14(19)3-5-15)6-7-17(13)18(24,9-20)10-23-12-21-11-22-23/h2-8,11-12,24H,9-10H2,1H3. The Kier molecular flexibility index (Phi) is 5.01. The number of ether oxygens (including phenoxy) is 1. The SMILES string of the molecule is Cc1cc(Oc2ccc(Cl)cc2)ccc1C(O)(CF)Cn1cncn1. The maximum absolute atomic E-state index is 13.6. The summed E-state index contributed by atoms with van der Waals surface area (Å²) in [5.41, 5.74) is -0.489. The van der Waals surface area contributed by atoms with E-state index in [-0.39, 0.29) is 6.54 Å². The zero-order valence-electron chi connectivity index (χ0n) is 13.6.